The minimum Gasteiger partial charge on any atom is -0.497 e. The standard InChI is InChI=1S/C25H21F3N4O6S/c1-30(17-3-7-19(38-2)8-4-17)23(34)21-13-29-12-11-16(21)14-31-15-22(33)32(24(31)35)18-5-9-20(10-6-18)39(36,37)25(26,27)28/h3-13H,14-15H2,1-2H3. The predicted molar refractivity (Wildman–Crippen MR) is 133 cm³/mol. The van der Waals surface area contributed by atoms with E-state index in [9.17, 15) is 36.0 Å². The third kappa shape index (κ3) is 5.27. The Bertz CT molecular complexity index is 1530. The van der Waals surface area contributed by atoms with E-state index in [1.165, 1.54) is 30.5 Å². The topological polar surface area (TPSA) is 117 Å². The molecule has 1 aliphatic rings. The quantitative estimate of drug-likeness (QED) is 0.404. The van der Waals surface area contributed by atoms with Crippen molar-refractivity contribution in [2.24, 2.45) is 0 Å². The van der Waals surface area contributed by atoms with Crippen LogP contribution in [0.15, 0.2) is 71.9 Å². The van der Waals surface area contributed by atoms with Gasteiger partial charge in [0.1, 0.15) is 12.3 Å². The minimum absolute atomic E-state index is 0.0982. The molecular weight excluding hydrogens is 541 g/mol. The number of carbonyl (C=O) groups excluding carboxylic acids is 3. The molecule has 204 valence electrons. The first-order chi connectivity index (χ1) is 18.3. The molecule has 0 bridgehead atoms. The second-order valence-electron chi connectivity index (χ2n) is 8.41. The smallest absolute Gasteiger partial charge is 0.497 e. The number of nitrogens with zero attached hydrogens (tertiary/aromatic N) is 4. The van der Waals surface area contributed by atoms with Gasteiger partial charge in [-0.3, -0.25) is 14.6 Å². The van der Waals surface area contributed by atoms with E-state index in [0.717, 1.165) is 21.9 Å². The molecule has 2 aromatic carbocycles. The molecule has 0 atom stereocenters. The van der Waals surface area contributed by atoms with Crippen molar-refractivity contribution in [3.05, 3.63) is 78.1 Å². The average molecular weight is 563 g/mol. The molecule has 14 heteroatoms. The molecule has 4 amide bonds. The lowest BCUT2D eigenvalue weighted by molar-refractivity contribution is -0.116. The second kappa shape index (κ2) is 10.4. The van der Waals surface area contributed by atoms with Crippen LogP contribution < -0.4 is 14.5 Å². The lowest BCUT2D eigenvalue weighted by Crippen LogP contribution is -2.33. The van der Waals surface area contributed by atoms with Crippen molar-refractivity contribution in [2.45, 2.75) is 16.9 Å². The van der Waals surface area contributed by atoms with E-state index in [1.807, 2.05) is 0 Å². The van der Waals surface area contributed by atoms with Crippen LogP contribution in [0.3, 0.4) is 0 Å². The fraction of sp³-hybridized carbons (Fsp3) is 0.200. The fourth-order valence-corrected chi connectivity index (χ4v) is 4.66. The zero-order chi connectivity index (χ0) is 28.5. The van der Waals surface area contributed by atoms with Gasteiger partial charge in [-0.1, -0.05) is 0 Å². The van der Waals surface area contributed by atoms with E-state index in [1.54, 1.807) is 31.3 Å². The highest BCUT2D eigenvalue weighted by molar-refractivity contribution is 7.92. The van der Waals surface area contributed by atoms with Crippen molar-refractivity contribution in [2.75, 3.05) is 30.5 Å². The van der Waals surface area contributed by atoms with Crippen molar-refractivity contribution < 1.29 is 40.7 Å². The van der Waals surface area contributed by atoms with E-state index >= 15 is 0 Å². The minimum atomic E-state index is -5.59. The predicted octanol–water partition coefficient (Wildman–Crippen LogP) is 3.63. The summed E-state index contributed by atoms with van der Waals surface area (Å²) in [6, 6.07) is 10.8. The van der Waals surface area contributed by atoms with Crippen LogP contribution in [0.25, 0.3) is 0 Å². The number of benzene rings is 2. The summed E-state index contributed by atoms with van der Waals surface area (Å²) in [4.78, 5) is 45.2. The maximum absolute atomic E-state index is 13.3. The molecular formula is C25H21F3N4O6S. The number of anilines is 2. The number of carbonyl (C=O) groups is 3. The molecule has 3 aromatic rings. The molecule has 4 rings (SSSR count). The second-order valence-corrected chi connectivity index (χ2v) is 10.3. The van der Waals surface area contributed by atoms with Crippen molar-refractivity contribution >= 4 is 39.1 Å². The van der Waals surface area contributed by atoms with Crippen LogP contribution in [0.2, 0.25) is 0 Å². The number of aromatic nitrogens is 1. The van der Waals surface area contributed by atoms with Crippen molar-refractivity contribution in [1.82, 2.24) is 9.88 Å². The van der Waals surface area contributed by atoms with Crippen LogP contribution in [0.1, 0.15) is 15.9 Å². The molecule has 1 aromatic heterocycles. The number of hydrogen-bond acceptors (Lipinski definition) is 7. The maximum Gasteiger partial charge on any atom is 0.501 e. The van der Waals surface area contributed by atoms with Crippen molar-refractivity contribution in [3.63, 3.8) is 0 Å². The average Bonchev–Trinajstić information content (AvgIpc) is 3.19. The number of halogens is 3. The molecule has 1 fully saturated rings. The summed E-state index contributed by atoms with van der Waals surface area (Å²) in [5.74, 6) is -0.483. The lowest BCUT2D eigenvalue weighted by Gasteiger charge is -2.21. The molecule has 0 N–H and O–H groups in total. The highest BCUT2D eigenvalue weighted by atomic mass is 32.2. The Morgan fingerprint density at radius 2 is 1.69 bits per heavy atom. The summed E-state index contributed by atoms with van der Waals surface area (Å²) in [5, 5.41) is 0. The Morgan fingerprint density at radius 1 is 1.05 bits per heavy atom. The number of hydrogen-bond donors (Lipinski definition) is 0. The number of alkyl halides is 3. The van der Waals surface area contributed by atoms with Gasteiger partial charge in [0.2, 0.25) is 0 Å². The highest BCUT2D eigenvalue weighted by Crippen LogP contribution is 2.32. The number of pyridine rings is 1. The van der Waals surface area contributed by atoms with Crippen molar-refractivity contribution in [3.8, 4) is 5.75 Å². The van der Waals surface area contributed by atoms with Crippen LogP contribution in [0.5, 0.6) is 5.75 Å². The summed E-state index contributed by atoms with van der Waals surface area (Å²) in [6.45, 7) is -0.507. The fourth-order valence-electron chi connectivity index (χ4n) is 3.90. The first-order valence-electron chi connectivity index (χ1n) is 11.2. The number of sulfone groups is 1. The van der Waals surface area contributed by atoms with Gasteiger partial charge in [0, 0.05) is 31.7 Å². The van der Waals surface area contributed by atoms with E-state index in [-0.39, 0.29) is 24.3 Å². The molecule has 1 saturated heterocycles. The molecule has 0 saturated carbocycles. The Kier molecular flexibility index (Phi) is 7.33. The normalized spacial score (nSPS) is 14.1. The van der Waals surface area contributed by atoms with Gasteiger partial charge < -0.3 is 14.5 Å². The Hall–Kier alpha value is -4.46. The third-order valence-electron chi connectivity index (χ3n) is 6.01. The number of imide groups is 1. The zero-order valence-electron chi connectivity index (χ0n) is 20.5. The first-order valence-corrected chi connectivity index (χ1v) is 12.7. The molecule has 0 unspecified atom stereocenters. The molecule has 39 heavy (non-hydrogen) atoms. The molecule has 1 aliphatic heterocycles. The summed E-state index contributed by atoms with van der Waals surface area (Å²) < 4.78 is 66.8. The third-order valence-corrected chi connectivity index (χ3v) is 7.52. The van der Waals surface area contributed by atoms with Crippen LogP contribution >= 0.6 is 0 Å². The summed E-state index contributed by atoms with van der Waals surface area (Å²) >= 11 is 0. The number of ether oxygens (including phenoxy) is 1. The zero-order valence-corrected chi connectivity index (χ0v) is 21.4. The van der Waals surface area contributed by atoms with Gasteiger partial charge in [-0.2, -0.15) is 13.2 Å². The van der Waals surface area contributed by atoms with E-state index < -0.39 is 38.1 Å². The van der Waals surface area contributed by atoms with Gasteiger partial charge in [-0.15, -0.1) is 0 Å². The highest BCUT2D eigenvalue weighted by Gasteiger charge is 2.47. The van der Waals surface area contributed by atoms with Gasteiger partial charge >= 0.3 is 11.5 Å². The van der Waals surface area contributed by atoms with E-state index in [4.69, 9.17) is 4.74 Å². The SMILES string of the molecule is COc1ccc(N(C)C(=O)c2cnccc2CN2CC(=O)N(c3ccc(S(=O)(=O)C(F)(F)F)cc3)C2=O)cc1. The summed E-state index contributed by atoms with van der Waals surface area (Å²) in [6.07, 6.45) is 2.77. The molecule has 0 aliphatic carbocycles. The summed E-state index contributed by atoms with van der Waals surface area (Å²) in [5.41, 5.74) is -4.42. The number of urea groups is 1. The molecule has 2 heterocycles. The van der Waals surface area contributed by atoms with E-state index in [2.05, 4.69) is 4.98 Å². The Labute approximate surface area is 221 Å². The first kappa shape index (κ1) is 27.6. The lowest BCUT2D eigenvalue weighted by atomic mass is 10.1. The Morgan fingerprint density at radius 3 is 2.28 bits per heavy atom. The Balaban J connectivity index is 1.54. The maximum atomic E-state index is 13.3. The largest absolute Gasteiger partial charge is 0.501 e. The molecule has 0 radical (unpaired) electrons. The van der Waals surface area contributed by atoms with Gasteiger partial charge in [0.15, 0.2) is 0 Å². The van der Waals surface area contributed by atoms with Crippen molar-refractivity contribution in [1.29, 1.82) is 0 Å². The number of rotatable bonds is 7. The van der Waals surface area contributed by atoms with Gasteiger partial charge in [0.05, 0.1) is 23.3 Å². The van der Waals surface area contributed by atoms with Crippen LogP contribution in [-0.4, -0.2) is 62.4 Å². The number of amides is 4. The summed E-state index contributed by atoms with van der Waals surface area (Å²) in [7, 11) is -2.50. The number of methoxy groups -OCH3 is 1. The van der Waals surface area contributed by atoms with Crippen LogP contribution in [0, 0.1) is 0 Å². The molecule has 10 nitrogen and oxygen atoms in total. The monoisotopic (exact) mass is 562 g/mol. The van der Waals surface area contributed by atoms with E-state index in [0.29, 0.717) is 29.1 Å². The van der Waals surface area contributed by atoms with Gasteiger partial charge in [-0.25, -0.2) is 18.1 Å². The van der Waals surface area contributed by atoms with Crippen LogP contribution in [0.4, 0.5) is 29.3 Å². The molecule has 0 spiro atoms. The van der Waals surface area contributed by atoms with Gasteiger partial charge in [-0.05, 0) is 60.2 Å². The van der Waals surface area contributed by atoms with Gasteiger partial charge in [0.25, 0.3) is 21.7 Å². The van der Waals surface area contributed by atoms with Crippen LogP contribution in [-0.2, 0) is 21.2 Å².